The lowest BCUT2D eigenvalue weighted by molar-refractivity contribution is -0.141. The molecule has 1 amide bonds. The van der Waals surface area contributed by atoms with Crippen molar-refractivity contribution >= 4 is 22.9 Å². The second-order valence-electron chi connectivity index (χ2n) is 8.15. The number of ether oxygens (including phenoxy) is 3. The van der Waals surface area contributed by atoms with Gasteiger partial charge in [-0.2, -0.15) is 13.2 Å². The summed E-state index contributed by atoms with van der Waals surface area (Å²) < 4.78 is 57.4. The molecule has 1 aliphatic heterocycles. The SMILES string of the molecule is COc1ccc(-c2nc(C(F)(F)F)c(C(=O)N[C@@H](C)c3cccc(N4CCOCC4)c3)s2)c(OC)c1. The summed E-state index contributed by atoms with van der Waals surface area (Å²) in [5.41, 5.74) is 0.855. The minimum absolute atomic E-state index is 0.0222. The number of methoxy groups -OCH3 is 2. The molecule has 0 saturated carbocycles. The number of amides is 1. The molecule has 0 aliphatic carbocycles. The zero-order chi connectivity index (χ0) is 25.9. The van der Waals surface area contributed by atoms with Crippen LogP contribution in [0.4, 0.5) is 18.9 Å². The van der Waals surface area contributed by atoms with Crippen LogP contribution in [0, 0.1) is 0 Å². The number of aromatic nitrogens is 1. The number of carbonyl (C=O) groups is 1. The Morgan fingerprint density at radius 2 is 1.89 bits per heavy atom. The maximum Gasteiger partial charge on any atom is 0.435 e. The molecule has 1 aliphatic rings. The van der Waals surface area contributed by atoms with Gasteiger partial charge in [0.05, 0.1) is 39.0 Å². The van der Waals surface area contributed by atoms with Crippen LogP contribution in [0.1, 0.15) is 33.9 Å². The minimum Gasteiger partial charge on any atom is -0.497 e. The Kier molecular flexibility index (Phi) is 7.70. The first-order chi connectivity index (χ1) is 17.2. The Bertz CT molecular complexity index is 1230. The van der Waals surface area contributed by atoms with Crippen molar-refractivity contribution in [1.82, 2.24) is 10.3 Å². The van der Waals surface area contributed by atoms with E-state index in [1.54, 1.807) is 25.1 Å². The van der Waals surface area contributed by atoms with Crippen molar-refractivity contribution in [3.05, 3.63) is 58.6 Å². The molecule has 36 heavy (non-hydrogen) atoms. The monoisotopic (exact) mass is 521 g/mol. The van der Waals surface area contributed by atoms with E-state index >= 15 is 0 Å². The normalized spacial score (nSPS) is 14.9. The van der Waals surface area contributed by atoms with E-state index in [1.165, 1.54) is 14.2 Å². The molecule has 3 aromatic rings. The Balaban J connectivity index is 1.61. The molecule has 0 spiro atoms. The molecule has 1 aromatic heterocycles. The van der Waals surface area contributed by atoms with Gasteiger partial charge in [0.15, 0.2) is 5.69 Å². The number of halogens is 3. The third-order valence-electron chi connectivity index (χ3n) is 5.84. The summed E-state index contributed by atoms with van der Waals surface area (Å²) in [6.45, 7) is 4.49. The summed E-state index contributed by atoms with van der Waals surface area (Å²) in [6.07, 6.45) is -4.80. The van der Waals surface area contributed by atoms with Crippen LogP contribution >= 0.6 is 11.3 Å². The van der Waals surface area contributed by atoms with Crippen LogP contribution in [0.5, 0.6) is 11.5 Å². The number of carbonyl (C=O) groups excluding carboxylic acids is 1. The standard InChI is InChI=1S/C25H26F3N3O4S/c1-15(16-5-4-6-17(13-16)31-9-11-35-12-10-31)29-23(32)21-22(25(26,27)28)30-24(36-21)19-8-7-18(33-2)14-20(19)34-3/h4-8,13-15H,9-12H2,1-3H3,(H,29,32)/t15-/m0/s1. The maximum atomic E-state index is 13.9. The summed E-state index contributed by atoms with van der Waals surface area (Å²) in [5, 5.41) is 2.73. The second kappa shape index (κ2) is 10.8. The average Bonchev–Trinajstić information content (AvgIpc) is 3.35. The third-order valence-corrected chi connectivity index (χ3v) is 6.92. The molecule has 1 atom stereocenters. The molecule has 2 heterocycles. The fourth-order valence-electron chi connectivity index (χ4n) is 3.91. The van der Waals surface area contributed by atoms with E-state index in [1.807, 2.05) is 24.3 Å². The van der Waals surface area contributed by atoms with E-state index in [-0.39, 0.29) is 10.8 Å². The first-order valence-electron chi connectivity index (χ1n) is 11.2. The zero-order valence-corrected chi connectivity index (χ0v) is 20.8. The minimum atomic E-state index is -4.80. The van der Waals surface area contributed by atoms with E-state index in [2.05, 4.69) is 15.2 Å². The summed E-state index contributed by atoms with van der Waals surface area (Å²) in [4.78, 5) is 18.5. The van der Waals surface area contributed by atoms with Gasteiger partial charge in [-0.3, -0.25) is 4.79 Å². The third kappa shape index (κ3) is 5.57. The van der Waals surface area contributed by atoms with Crippen LogP contribution in [0.15, 0.2) is 42.5 Å². The second-order valence-corrected chi connectivity index (χ2v) is 9.15. The molecule has 1 fully saturated rings. The van der Waals surface area contributed by atoms with Gasteiger partial charge in [0.25, 0.3) is 5.91 Å². The van der Waals surface area contributed by atoms with Gasteiger partial charge in [0.1, 0.15) is 21.4 Å². The van der Waals surface area contributed by atoms with E-state index in [0.717, 1.165) is 24.3 Å². The Hall–Kier alpha value is -3.31. The maximum absolute atomic E-state index is 13.9. The molecule has 11 heteroatoms. The van der Waals surface area contributed by atoms with Gasteiger partial charge in [-0.15, -0.1) is 11.3 Å². The fourth-order valence-corrected chi connectivity index (χ4v) is 4.93. The highest BCUT2D eigenvalue weighted by Crippen LogP contribution is 2.41. The molecule has 0 radical (unpaired) electrons. The van der Waals surface area contributed by atoms with Crippen molar-refractivity contribution in [2.75, 3.05) is 45.4 Å². The van der Waals surface area contributed by atoms with Crippen LogP contribution in [0.2, 0.25) is 0 Å². The van der Waals surface area contributed by atoms with E-state index in [0.29, 0.717) is 35.9 Å². The van der Waals surface area contributed by atoms with Crippen LogP contribution < -0.4 is 19.7 Å². The van der Waals surface area contributed by atoms with Crippen molar-refractivity contribution in [2.45, 2.75) is 19.1 Å². The lowest BCUT2D eigenvalue weighted by Crippen LogP contribution is -2.36. The van der Waals surface area contributed by atoms with Crippen molar-refractivity contribution in [2.24, 2.45) is 0 Å². The molecular formula is C25H26F3N3O4S. The van der Waals surface area contributed by atoms with Gasteiger partial charge in [-0.05, 0) is 36.8 Å². The summed E-state index contributed by atoms with van der Waals surface area (Å²) >= 11 is 0.668. The predicted octanol–water partition coefficient (Wildman–Crippen LogP) is 5.17. The number of anilines is 1. The van der Waals surface area contributed by atoms with E-state index < -0.39 is 28.7 Å². The molecule has 192 valence electrons. The Morgan fingerprint density at radius 1 is 1.14 bits per heavy atom. The zero-order valence-electron chi connectivity index (χ0n) is 20.0. The number of nitrogens with zero attached hydrogens (tertiary/aromatic N) is 2. The van der Waals surface area contributed by atoms with Gasteiger partial charge < -0.3 is 24.4 Å². The molecular weight excluding hydrogens is 495 g/mol. The van der Waals surface area contributed by atoms with Crippen LogP contribution in [-0.4, -0.2) is 51.4 Å². The molecule has 1 saturated heterocycles. The van der Waals surface area contributed by atoms with Crippen molar-refractivity contribution in [3.63, 3.8) is 0 Å². The molecule has 7 nitrogen and oxygen atoms in total. The molecule has 1 N–H and O–H groups in total. The number of alkyl halides is 3. The Morgan fingerprint density at radius 3 is 2.56 bits per heavy atom. The highest BCUT2D eigenvalue weighted by molar-refractivity contribution is 7.17. The largest absolute Gasteiger partial charge is 0.497 e. The number of thiazole rings is 1. The van der Waals surface area contributed by atoms with E-state index in [4.69, 9.17) is 14.2 Å². The van der Waals surface area contributed by atoms with Gasteiger partial charge in [-0.1, -0.05) is 12.1 Å². The molecule has 4 rings (SSSR count). The number of nitrogens with one attached hydrogen (secondary N) is 1. The molecule has 0 unspecified atom stereocenters. The highest BCUT2D eigenvalue weighted by Gasteiger charge is 2.40. The van der Waals surface area contributed by atoms with Gasteiger partial charge in [0.2, 0.25) is 0 Å². The number of rotatable bonds is 7. The lowest BCUT2D eigenvalue weighted by Gasteiger charge is -2.29. The van der Waals surface area contributed by atoms with Gasteiger partial charge >= 0.3 is 6.18 Å². The first kappa shape index (κ1) is 25.8. The number of benzene rings is 2. The average molecular weight is 522 g/mol. The molecule has 2 aromatic carbocycles. The lowest BCUT2D eigenvalue weighted by atomic mass is 10.1. The van der Waals surface area contributed by atoms with Crippen molar-refractivity contribution in [3.8, 4) is 22.1 Å². The first-order valence-corrected chi connectivity index (χ1v) is 12.1. The Labute approximate surface area is 210 Å². The molecule has 0 bridgehead atoms. The smallest absolute Gasteiger partial charge is 0.435 e. The number of hydrogen-bond donors (Lipinski definition) is 1. The summed E-state index contributed by atoms with van der Waals surface area (Å²) in [7, 11) is 2.87. The van der Waals surface area contributed by atoms with Crippen molar-refractivity contribution in [1.29, 1.82) is 0 Å². The summed E-state index contributed by atoms with van der Waals surface area (Å²) in [5.74, 6) is -0.0748. The summed E-state index contributed by atoms with van der Waals surface area (Å²) in [6, 6.07) is 11.8. The number of morpholine rings is 1. The quantitative estimate of drug-likeness (QED) is 0.462. The predicted molar refractivity (Wildman–Crippen MR) is 131 cm³/mol. The van der Waals surface area contributed by atoms with Crippen LogP contribution in [0.25, 0.3) is 10.6 Å². The fraction of sp³-hybridized carbons (Fsp3) is 0.360. The van der Waals surface area contributed by atoms with E-state index in [9.17, 15) is 18.0 Å². The van der Waals surface area contributed by atoms with Crippen LogP contribution in [-0.2, 0) is 10.9 Å². The van der Waals surface area contributed by atoms with Crippen LogP contribution in [0.3, 0.4) is 0 Å². The van der Waals surface area contributed by atoms with Gasteiger partial charge in [-0.25, -0.2) is 4.98 Å². The highest BCUT2D eigenvalue weighted by atomic mass is 32.1. The topological polar surface area (TPSA) is 72.9 Å². The van der Waals surface area contributed by atoms with Crippen molar-refractivity contribution < 1.29 is 32.2 Å². The number of hydrogen-bond acceptors (Lipinski definition) is 7. The van der Waals surface area contributed by atoms with Gasteiger partial charge in [0, 0.05) is 24.8 Å².